The Balaban J connectivity index is 0.000000138. The highest BCUT2D eigenvalue weighted by molar-refractivity contribution is 5.96. The molecule has 0 bridgehead atoms. The first kappa shape index (κ1) is 99.8. The van der Waals surface area contributed by atoms with Crippen LogP contribution in [0.5, 0.6) is 0 Å². The van der Waals surface area contributed by atoms with Crippen LogP contribution in [0.3, 0.4) is 0 Å². The molecule has 0 spiro atoms. The molecule has 20 heteroatoms. The van der Waals surface area contributed by atoms with Crippen molar-refractivity contribution in [3.8, 4) is 0 Å². The van der Waals surface area contributed by atoms with Gasteiger partial charge in [0.2, 0.25) is 0 Å². The summed E-state index contributed by atoms with van der Waals surface area (Å²) in [4.78, 5) is 82.9. The number of hydrogen-bond donors (Lipinski definition) is 4. The normalized spacial score (nSPS) is 15.3. The van der Waals surface area contributed by atoms with E-state index in [0.717, 1.165) is 219 Å². The second-order valence-corrected chi connectivity index (χ2v) is 42.6. The molecule has 0 aliphatic heterocycles. The molecule has 8 aromatic carbocycles. The minimum absolute atomic E-state index is 0.0317. The minimum Gasteiger partial charge on any atom is -0.331 e. The number of unbranched alkanes of at least 4 members (excludes halogenated alkanes) is 1. The molecule has 6 aliphatic carbocycles. The zero-order chi connectivity index (χ0) is 95.2. The first-order valence-corrected chi connectivity index (χ1v) is 52.2. The molecule has 0 saturated heterocycles. The summed E-state index contributed by atoms with van der Waals surface area (Å²) in [6.07, 6.45) is 25.5. The molecule has 1 unspecified atom stereocenters. The lowest BCUT2D eigenvalue weighted by Crippen LogP contribution is -2.35. The molecule has 4 heterocycles. The number of nitrogens with zero attached hydrogens (tertiary/aromatic N) is 12. The van der Waals surface area contributed by atoms with Crippen LogP contribution in [0.25, 0.3) is 44.1 Å². The summed E-state index contributed by atoms with van der Waals surface area (Å²) in [7, 11) is 0. The van der Waals surface area contributed by atoms with Crippen LogP contribution in [-0.4, -0.2) is 131 Å². The largest absolute Gasteiger partial charge is 0.331 e. The number of benzene rings is 8. The molecule has 4 N–H and O–H groups in total. The van der Waals surface area contributed by atoms with Gasteiger partial charge in [0.25, 0.3) is 23.6 Å². The lowest BCUT2D eigenvalue weighted by Gasteiger charge is -2.27. The van der Waals surface area contributed by atoms with Gasteiger partial charge in [-0.15, -0.1) is 0 Å². The summed E-state index contributed by atoms with van der Waals surface area (Å²) in [6, 6.07) is 67.7. The fourth-order valence-corrected chi connectivity index (χ4v) is 18.4. The van der Waals surface area contributed by atoms with E-state index in [-0.39, 0.29) is 29.2 Å². The van der Waals surface area contributed by atoms with Crippen molar-refractivity contribution in [2.24, 2.45) is 41.4 Å². The molecule has 18 rings (SSSR count). The van der Waals surface area contributed by atoms with Crippen molar-refractivity contribution in [2.45, 2.75) is 320 Å². The van der Waals surface area contributed by atoms with Gasteiger partial charge in [-0.1, -0.05) is 178 Å². The van der Waals surface area contributed by atoms with Gasteiger partial charge in [0.05, 0.1) is 70.3 Å². The summed E-state index contributed by atoms with van der Waals surface area (Å²) < 4.78 is 9.43. The van der Waals surface area contributed by atoms with Crippen molar-refractivity contribution in [1.29, 1.82) is 0 Å². The van der Waals surface area contributed by atoms with Gasteiger partial charge >= 0.3 is 0 Å². The van der Waals surface area contributed by atoms with Gasteiger partial charge in [0.1, 0.15) is 23.3 Å². The van der Waals surface area contributed by atoms with Crippen LogP contribution in [0.1, 0.15) is 305 Å². The van der Waals surface area contributed by atoms with E-state index >= 15 is 0 Å². The highest BCUT2D eigenvalue weighted by Crippen LogP contribution is 2.38. The minimum atomic E-state index is 0.0317. The molecular formula is C116H156N16O4. The zero-order valence-electron chi connectivity index (χ0n) is 83.9. The Morgan fingerprint density at radius 1 is 0.353 bits per heavy atom. The van der Waals surface area contributed by atoms with E-state index < -0.39 is 0 Å². The van der Waals surface area contributed by atoms with Crippen LogP contribution in [-0.2, 0) is 78.5 Å². The molecule has 4 amide bonds. The quantitative estimate of drug-likeness (QED) is 0.0282. The molecule has 4 aromatic heterocycles. The first-order valence-electron chi connectivity index (χ1n) is 52.2. The van der Waals surface area contributed by atoms with Gasteiger partial charge in [0, 0.05) is 124 Å². The van der Waals surface area contributed by atoms with Gasteiger partial charge in [0.15, 0.2) is 0 Å². The molecule has 1 atom stereocenters. The standard InChI is InChI=1S/C30H40N4O.2C29H40N4O.C28H36N4O/c1-22(2)16-17-33(21-29-32-27-12-5-6-13-28(27)34(29)20-23-14-15-23)30(35)25-9-7-8-24(18-25)19-31-26-10-3-4-11-26;1-21(2)15-16-32(28(34)24-10-8-9-23(17-24)18-30-29(3,4)5)20-27-31-25-11-6-7-12-26(25)33(27)19-22-13-14-22;1-5-22(4)30-18-24-9-8-10-25(17-24)29(34)32(16-15-21(2)3)20-28-31-26-11-6-7-12-27(26)33(28)19-23-13-14-23;1-2-3-16-31(28(33)23-9-6-8-22(17-23)18-29-24-10-7-11-24)20-27-30-25-12-4-5-13-26(25)32(27)19-21-14-15-21/h5-9,12-13,18,22-23,26,31H,3-4,10-11,14-17,19-21H2,1-2H3;6-12,17,21-22,30H,13-16,18-20H2,1-5H3;6-12,17,21-23,30H,5,13-16,18-20H2,1-4H3;4-6,8-9,12-13,17,21,24,29H,2-3,7,10-11,14-16,18-20H2,1H3. The van der Waals surface area contributed by atoms with Gasteiger partial charge < -0.3 is 59.1 Å². The second-order valence-electron chi connectivity index (χ2n) is 42.6. The maximum Gasteiger partial charge on any atom is 0.254 e. The predicted octanol–water partition coefficient (Wildman–Crippen LogP) is 23.7. The Bertz CT molecular complexity index is 5880. The molecule has 0 radical (unpaired) electrons. The lowest BCUT2D eigenvalue weighted by molar-refractivity contribution is 0.0722. The van der Waals surface area contributed by atoms with Crippen molar-refractivity contribution in [2.75, 3.05) is 26.2 Å². The van der Waals surface area contributed by atoms with E-state index in [1.807, 2.05) is 105 Å². The third-order valence-corrected chi connectivity index (χ3v) is 28.1. The smallest absolute Gasteiger partial charge is 0.254 e. The average Bonchev–Trinajstić information content (AvgIpc) is 1.65. The number of hydrogen-bond acceptors (Lipinski definition) is 12. The number of carbonyl (C=O) groups excluding carboxylic acids is 4. The van der Waals surface area contributed by atoms with Crippen LogP contribution in [0.2, 0.25) is 0 Å². The molecule has 6 fully saturated rings. The van der Waals surface area contributed by atoms with Gasteiger partial charge in [-0.25, -0.2) is 19.9 Å². The van der Waals surface area contributed by atoms with Crippen molar-refractivity contribution in [3.63, 3.8) is 0 Å². The van der Waals surface area contributed by atoms with Gasteiger partial charge in [-0.05, 0) is 298 Å². The zero-order valence-corrected chi connectivity index (χ0v) is 83.9. The Hall–Kier alpha value is -10.6. The SMILES string of the molecule is CC(C)CCN(Cc1nc2ccccc2n1CC1CC1)C(=O)c1cccc(CNC(C)(C)C)c1.CC(C)CCN(Cc1nc2ccccc2n1CC1CC1)C(=O)c1cccc(CNC2CCCC2)c1.CCC(C)NCc1cccc(C(=O)N(CCC(C)C)Cc2nc3ccccc3n2CC2CC2)c1.CCCCN(Cc1nc2ccccc2n1CC1CC1)C(=O)c1cccc(CNC2CCC2)c1. The lowest BCUT2D eigenvalue weighted by atomic mass is 9.93. The number of rotatable bonds is 44. The van der Waals surface area contributed by atoms with Crippen LogP contribution in [0, 0.1) is 41.4 Å². The molecule has 136 heavy (non-hydrogen) atoms. The van der Waals surface area contributed by atoms with E-state index in [1.54, 1.807) is 0 Å². The van der Waals surface area contributed by atoms with Crippen molar-refractivity contribution in [1.82, 2.24) is 79.1 Å². The summed E-state index contributed by atoms with van der Waals surface area (Å²) >= 11 is 0. The summed E-state index contributed by atoms with van der Waals surface area (Å²) in [6.45, 7) is 38.7. The van der Waals surface area contributed by atoms with Crippen LogP contribution in [0.15, 0.2) is 194 Å². The van der Waals surface area contributed by atoms with Crippen LogP contribution in [0.4, 0.5) is 0 Å². The molecule has 12 aromatic rings. The van der Waals surface area contributed by atoms with E-state index in [2.05, 4.69) is 232 Å². The van der Waals surface area contributed by atoms with E-state index in [4.69, 9.17) is 19.9 Å². The topological polar surface area (TPSA) is 201 Å². The van der Waals surface area contributed by atoms with Crippen LogP contribution < -0.4 is 21.3 Å². The van der Waals surface area contributed by atoms with Crippen molar-refractivity contribution >= 4 is 67.8 Å². The van der Waals surface area contributed by atoms with Crippen molar-refractivity contribution < 1.29 is 19.2 Å². The number of imidazole rings is 4. The summed E-state index contributed by atoms with van der Waals surface area (Å²) in [5.41, 5.74) is 16.6. The Kier molecular flexibility index (Phi) is 35.3. The first-order chi connectivity index (χ1) is 65.9. The maximum absolute atomic E-state index is 13.8. The van der Waals surface area contributed by atoms with Gasteiger partial charge in [-0.2, -0.15) is 0 Å². The number of carbonyl (C=O) groups is 4. The molecule has 724 valence electrons. The number of amides is 4. The molecule has 6 aliphatic rings. The van der Waals surface area contributed by atoms with Gasteiger partial charge in [-0.3, -0.25) is 19.2 Å². The Morgan fingerprint density at radius 2 is 0.640 bits per heavy atom. The summed E-state index contributed by atoms with van der Waals surface area (Å²) in [5.74, 6) is 8.99. The highest BCUT2D eigenvalue weighted by Gasteiger charge is 2.33. The number of para-hydroxylation sites is 8. The number of aromatic nitrogens is 8. The fraction of sp³-hybridized carbons (Fsp3) is 0.517. The average molecular weight is 1840 g/mol. The fourth-order valence-electron chi connectivity index (χ4n) is 18.4. The molecular weight excluding hydrogens is 1680 g/mol. The van der Waals surface area contributed by atoms with E-state index in [9.17, 15) is 19.2 Å². The Morgan fingerprint density at radius 3 is 0.912 bits per heavy atom. The Labute approximate surface area is 810 Å². The molecule has 6 saturated carbocycles. The maximum atomic E-state index is 13.8. The number of nitrogens with one attached hydrogen (secondary N) is 4. The monoisotopic (exact) mass is 1840 g/mol. The second kappa shape index (κ2) is 48.1. The van der Waals surface area contributed by atoms with E-state index in [0.29, 0.717) is 62.1 Å². The summed E-state index contributed by atoms with van der Waals surface area (Å²) in [5, 5.41) is 14.3. The molecule has 20 nitrogen and oxygen atoms in total. The predicted molar refractivity (Wildman–Crippen MR) is 555 cm³/mol. The third-order valence-electron chi connectivity index (χ3n) is 28.1. The third kappa shape index (κ3) is 29.0. The number of fused-ring (bicyclic) bond motifs is 4. The van der Waals surface area contributed by atoms with E-state index in [1.165, 1.54) is 130 Å². The van der Waals surface area contributed by atoms with Crippen molar-refractivity contribution in [3.05, 3.63) is 262 Å². The highest BCUT2D eigenvalue weighted by atomic mass is 16.2. The van der Waals surface area contributed by atoms with Crippen LogP contribution >= 0.6 is 0 Å².